The Balaban J connectivity index is 1.41. The Bertz CT molecular complexity index is 1240. The van der Waals surface area contributed by atoms with E-state index in [9.17, 15) is 4.79 Å². The number of hydrogen-bond donors (Lipinski definition) is 3. The molecule has 3 N–H and O–H groups in total. The summed E-state index contributed by atoms with van der Waals surface area (Å²) in [6, 6.07) is 14.8. The van der Waals surface area contributed by atoms with Crippen LogP contribution in [-0.2, 0) is 10.2 Å². The molecule has 0 radical (unpaired) electrons. The summed E-state index contributed by atoms with van der Waals surface area (Å²) < 4.78 is 12.6. The largest absolute Gasteiger partial charge is 0.491 e. The zero-order valence-electron chi connectivity index (χ0n) is 19.2. The molecule has 0 aliphatic heterocycles. The smallest absolute Gasteiger partial charge is 0.324 e. The fourth-order valence-electron chi connectivity index (χ4n) is 3.28. The van der Waals surface area contributed by atoms with E-state index in [0.717, 1.165) is 28.2 Å². The molecule has 0 unspecified atom stereocenters. The maximum atomic E-state index is 12.3. The molecule has 172 valence electrons. The first-order valence-electron chi connectivity index (χ1n) is 10.7. The van der Waals surface area contributed by atoms with Crippen molar-refractivity contribution < 1.29 is 14.3 Å². The molecular formula is C24H28N6O3. The highest BCUT2D eigenvalue weighted by Gasteiger charge is 2.17. The quantitative estimate of drug-likeness (QED) is 0.355. The van der Waals surface area contributed by atoms with E-state index in [1.807, 2.05) is 53.1 Å². The van der Waals surface area contributed by atoms with Crippen LogP contribution in [-0.4, -0.2) is 46.1 Å². The average molecular weight is 449 g/mol. The Hall–Kier alpha value is -3.85. The molecule has 0 atom stereocenters. The van der Waals surface area contributed by atoms with Gasteiger partial charge in [-0.3, -0.25) is 15.0 Å². The molecule has 0 saturated carbocycles. The monoisotopic (exact) mass is 448 g/mol. The Labute approximate surface area is 192 Å². The summed E-state index contributed by atoms with van der Waals surface area (Å²) in [4.78, 5) is 16.8. The van der Waals surface area contributed by atoms with Gasteiger partial charge in [0.05, 0.1) is 17.6 Å². The molecule has 2 heterocycles. The third-order valence-corrected chi connectivity index (χ3v) is 5.11. The van der Waals surface area contributed by atoms with Crippen LogP contribution >= 0.6 is 0 Å². The third kappa shape index (κ3) is 5.32. The van der Waals surface area contributed by atoms with Gasteiger partial charge in [-0.2, -0.15) is 5.10 Å². The predicted molar refractivity (Wildman–Crippen MR) is 128 cm³/mol. The number of rotatable bonds is 7. The number of imidazole rings is 1. The molecule has 2 aromatic heterocycles. The van der Waals surface area contributed by atoms with Crippen molar-refractivity contribution in [2.45, 2.75) is 26.2 Å². The van der Waals surface area contributed by atoms with Crippen LogP contribution in [0.25, 0.3) is 16.7 Å². The second-order valence-corrected chi connectivity index (χ2v) is 8.65. The maximum Gasteiger partial charge on any atom is 0.324 e. The van der Waals surface area contributed by atoms with Crippen LogP contribution in [0.15, 0.2) is 54.9 Å². The number of aromatic amines is 1. The Kier molecular flexibility index (Phi) is 6.32. The number of urea groups is 1. The summed E-state index contributed by atoms with van der Waals surface area (Å²) >= 11 is 0. The van der Waals surface area contributed by atoms with E-state index >= 15 is 0 Å². The van der Waals surface area contributed by atoms with E-state index in [-0.39, 0.29) is 11.4 Å². The van der Waals surface area contributed by atoms with Crippen molar-refractivity contribution in [3.8, 4) is 11.4 Å². The van der Waals surface area contributed by atoms with Crippen LogP contribution in [0, 0.1) is 0 Å². The number of methoxy groups -OCH3 is 1. The lowest BCUT2D eigenvalue weighted by Gasteiger charge is -2.14. The van der Waals surface area contributed by atoms with Gasteiger partial charge in [-0.15, -0.1) is 0 Å². The standard InChI is InChI=1S/C24H28N6O3/c1-24(2,3)21-14-22(29-28-21)27-23(31)26-16-5-7-17(8-6-16)30-15-25-19-13-18(9-10-20(19)30)33-12-11-32-4/h5-10,13-15H,11-12H2,1-4H3,(H3,26,27,28,29,31). The number of carbonyl (C=O) groups excluding carboxylic acids is 1. The number of anilines is 2. The second kappa shape index (κ2) is 9.33. The van der Waals surface area contributed by atoms with Crippen LogP contribution in [0.5, 0.6) is 5.75 Å². The van der Waals surface area contributed by atoms with E-state index in [1.54, 1.807) is 13.4 Å². The van der Waals surface area contributed by atoms with Gasteiger partial charge in [-0.1, -0.05) is 20.8 Å². The van der Waals surface area contributed by atoms with Crippen LogP contribution < -0.4 is 15.4 Å². The van der Waals surface area contributed by atoms with Crippen molar-refractivity contribution in [3.05, 3.63) is 60.6 Å². The maximum absolute atomic E-state index is 12.3. The van der Waals surface area contributed by atoms with Gasteiger partial charge < -0.3 is 14.8 Å². The highest BCUT2D eigenvalue weighted by Crippen LogP contribution is 2.24. The number of nitrogens with zero attached hydrogens (tertiary/aromatic N) is 3. The van der Waals surface area contributed by atoms with Gasteiger partial charge in [0, 0.05) is 41.7 Å². The Morgan fingerprint density at radius 1 is 1.06 bits per heavy atom. The number of fused-ring (bicyclic) bond motifs is 1. The van der Waals surface area contributed by atoms with Crippen LogP contribution in [0.2, 0.25) is 0 Å². The van der Waals surface area contributed by atoms with Gasteiger partial charge in [0.1, 0.15) is 18.7 Å². The fourth-order valence-corrected chi connectivity index (χ4v) is 3.28. The molecule has 2 aromatic carbocycles. The Morgan fingerprint density at radius 3 is 2.55 bits per heavy atom. The molecule has 0 saturated heterocycles. The molecular weight excluding hydrogens is 420 g/mol. The number of hydrogen-bond acceptors (Lipinski definition) is 5. The van der Waals surface area contributed by atoms with Crippen molar-refractivity contribution in [1.82, 2.24) is 19.7 Å². The summed E-state index contributed by atoms with van der Waals surface area (Å²) in [5.41, 5.74) is 4.26. The highest BCUT2D eigenvalue weighted by atomic mass is 16.5. The SMILES string of the molecule is COCCOc1ccc2c(c1)ncn2-c1ccc(NC(=O)Nc2cc(C(C)(C)C)[nH]n2)cc1. The number of benzene rings is 2. The van der Waals surface area contributed by atoms with E-state index in [4.69, 9.17) is 9.47 Å². The molecule has 0 aliphatic rings. The summed E-state index contributed by atoms with van der Waals surface area (Å²) in [5.74, 6) is 1.23. The van der Waals surface area contributed by atoms with Crippen molar-refractivity contribution >= 4 is 28.6 Å². The lowest BCUT2D eigenvalue weighted by molar-refractivity contribution is 0.146. The minimum atomic E-state index is -0.358. The predicted octanol–water partition coefficient (Wildman–Crippen LogP) is 4.72. The minimum Gasteiger partial charge on any atom is -0.491 e. The lowest BCUT2D eigenvalue weighted by Crippen LogP contribution is -2.19. The molecule has 9 heteroatoms. The van der Waals surface area contributed by atoms with Crippen LogP contribution in [0.3, 0.4) is 0 Å². The first kappa shape index (κ1) is 22.3. The zero-order valence-corrected chi connectivity index (χ0v) is 19.2. The van der Waals surface area contributed by atoms with Crippen molar-refractivity contribution in [1.29, 1.82) is 0 Å². The molecule has 0 fully saturated rings. The van der Waals surface area contributed by atoms with Gasteiger partial charge in [0.15, 0.2) is 5.82 Å². The van der Waals surface area contributed by atoms with E-state index < -0.39 is 0 Å². The summed E-state index contributed by atoms with van der Waals surface area (Å²) in [6.45, 7) is 7.24. The molecule has 2 amide bonds. The number of amides is 2. The van der Waals surface area contributed by atoms with E-state index in [1.165, 1.54) is 0 Å². The van der Waals surface area contributed by atoms with E-state index in [0.29, 0.717) is 24.7 Å². The summed E-state index contributed by atoms with van der Waals surface area (Å²) in [5, 5.41) is 12.7. The third-order valence-electron chi connectivity index (χ3n) is 5.11. The van der Waals surface area contributed by atoms with Gasteiger partial charge in [0.25, 0.3) is 0 Å². The molecule has 0 aliphatic carbocycles. The first-order chi connectivity index (χ1) is 15.8. The molecule has 9 nitrogen and oxygen atoms in total. The second-order valence-electron chi connectivity index (χ2n) is 8.65. The van der Waals surface area contributed by atoms with Gasteiger partial charge in [-0.25, -0.2) is 9.78 Å². The topological polar surface area (TPSA) is 106 Å². The number of H-pyrrole nitrogens is 1. The van der Waals surface area contributed by atoms with Crippen molar-refractivity contribution in [3.63, 3.8) is 0 Å². The van der Waals surface area contributed by atoms with Crippen molar-refractivity contribution in [2.24, 2.45) is 0 Å². The number of carbonyl (C=O) groups is 1. The van der Waals surface area contributed by atoms with Crippen molar-refractivity contribution in [2.75, 3.05) is 31.0 Å². The molecule has 0 bridgehead atoms. The summed E-state index contributed by atoms with van der Waals surface area (Å²) in [7, 11) is 1.64. The van der Waals surface area contributed by atoms with Gasteiger partial charge in [0.2, 0.25) is 0 Å². The van der Waals surface area contributed by atoms with E-state index in [2.05, 4.69) is 46.6 Å². The molecule has 4 aromatic rings. The van der Waals surface area contributed by atoms with Crippen LogP contribution in [0.4, 0.5) is 16.3 Å². The fraction of sp³-hybridized carbons (Fsp3) is 0.292. The Morgan fingerprint density at radius 2 is 1.85 bits per heavy atom. The molecule has 4 rings (SSSR count). The number of nitrogens with one attached hydrogen (secondary N) is 3. The van der Waals surface area contributed by atoms with Gasteiger partial charge in [-0.05, 0) is 36.4 Å². The normalized spacial score (nSPS) is 11.5. The first-order valence-corrected chi connectivity index (χ1v) is 10.7. The zero-order chi connectivity index (χ0) is 23.4. The number of aromatic nitrogens is 4. The molecule has 0 spiro atoms. The molecule has 33 heavy (non-hydrogen) atoms. The summed E-state index contributed by atoms with van der Waals surface area (Å²) in [6.07, 6.45) is 1.77. The minimum absolute atomic E-state index is 0.0741. The highest BCUT2D eigenvalue weighted by molar-refractivity contribution is 5.99. The average Bonchev–Trinajstić information content (AvgIpc) is 3.41. The lowest BCUT2D eigenvalue weighted by atomic mass is 9.92. The van der Waals surface area contributed by atoms with Gasteiger partial charge >= 0.3 is 6.03 Å². The van der Waals surface area contributed by atoms with Crippen LogP contribution in [0.1, 0.15) is 26.5 Å². The number of ether oxygens (including phenoxy) is 2.